The first-order valence-corrected chi connectivity index (χ1v) is 11.0. The van der Waals surface area contributed by atoms with Crippen LogP contribution in [0.2, 0.25) is 0 Å². The zero-order chi connectivity index (χ0) is 21.1. The van der Waals surface area contributed by atoms with Gasteiger partial charge >= 0.3 is 0 Å². The number of rotatable bonds is 7. The highest BCUT2D eigenvalue weighted by Crippen LogP contribution is 2.29. The van der Waals surface area contributed by atoms with E-state index in [1.54, 1.807) is 35.1 Å². The van der Waals surface area contributed by atoms with Crippen molar-refractivity contribution in [2.75, 3.05) is 19.9 Å². The number of ether oxygens (including phenoxy) is 1. The third-order valence-corrected chi connectivity index (χ3v) is 6.84. The highest BCUT2D eigenvalue weighted by molar-refractivity contribution is 7.99. The van der Waals surface area contributed by atoms with Gasteiger partial charge in [-0.1, -0.05) is 23.9 Å². The van der Waals surface area contributed by atoms with Gasteiger partial charge in [0.05, 0.1) is 34.8 Å². The lowest BCUT2D eigenvalue weighted by atomic mass is 10.3. The van der Waals surface area contributed by atoms with Crippen LogP contribution in [0.3, 0.4) is 0 Å². The summed E-state index contributed by atoms with van der Waals surface area (Å²) in [7, 11) is 3.41. The van der Waals surface area contributed by atoms with Gasteiger partial charge < -0.3 is 9.64 Å². The van der Waals surface area contributed by atoms with Crippen molar-refractivity contribution in [3.8, 4) is 11.4 Å². The van der Waals surface area contributed by atoms with Gasteiger partial charge in [0.1, 0.15) is 10.8 Å². The summed E-state index contributed by atoms with van der Waals surface area (Å²) in [6.45, 7) is 1.99. The van der Waals surface area contributed by atoms with E-state index < -0.39 is 0 Å². The van der Waals surface area contributed by atoms with Gasteiger partial charge in [0, 0.05) is 7.05 Å². The van der Waals surface area contributed by atoms with Crippen molar-refractivity contribution in [1.82, 2.24) is 30.1 Å². The first kappa shape index (κ1) is 20.3. The summed E-state index contributed by atoms with van der Waals surface area (Å²) in [4.78, 5) is 19.2. The number of carbonyl (C=O) groups excluding carboxylic acids is 1. The predicted octanol–water partition coefficient (Wildman–Crippen LogP) is 3.59. The van der Waals surface area contributed by atoms with Crippen LogP contribution in [0, 0.1) is 0 Å². The molecular weight excluding hydrogens is 420 g/mol. The van der Waals surface area contributed by atoms with E-state index >= 15 is 0 Å². The van der Waals surface area contributed by atoms with E-state index in [2.05, 4.69) is 20.5 Å². The molecule has 4 aromatic rings. The molecule has 30 heavy (non-hydrogen) atoms. The average Bonchev–Trinajstić information content (AvgIpc) is 3.43. The molecule has 154 valence electrons. The maximum Gasteiger partial charge on any atom is 0.233 e. The lowest BCUT2D eigenvalue weighted by Gasteiger charge is -2.23. The molecule has 2 heterocycles. The molecule has 0 aliphatic rings. The highest BCUT2D eigenvalue weighted by Gasteiger charge is 2.22. The van der Waals surface area contributed by atoms with Crippen LogP contribution >= 0.6 is 23.1 Å². The third kappa shape index (κ3) is 4.14. The fraction of sp³-hybridized carbons (Fsp3) is 0.250. The van der Waals surface area contributed by atoms with Crippen molar-refractivity contribution in [3.05, 3.63) is 53.5 Å². The smallest absolute Gasteiger partial charge is 0.233 e. The molecule has 0 saturated carbocycles. The quantitative estimate of drug-likeness (QED) is 0.406. The molecule has 0 fully saturated rings. The van der Waals surface area contributed by atoms with Gasteiger partial charge in [-0.2, -0.15) is 4.68 Å². The van der Waals surface area contributed by atoms with Gasteiger partial charge in [-0.15, -0.1) is 16.4 Å². The van der Waals surface area contributed by atoms with Crippen LogP contribution in [0.1, 0.15) is 18.0 Å². The molecule has 0 aliphatic heterocycles. The van der Waals surface area contributed by atoms with Gasteiger partial charge in [0.25, 0.3) is 0 Å². The number of hydrogen-bond donors (Lipinski definition) is 0. The van der Waals surface area contributed by atoms with Crippen molar-refractivity contribution in [3.63, 3.8) is 0 Å². The Morgan fingerprint density at radius 2 is 2.00 bits per heavy atom. The largest absolute Gasteiger partial charge is 0.497 e. The summed E-state index contributed by atoms with van der Waals surface area (Å²) in [5, 5.41) is 13.3. The lowest BCUT2D eigenvalue weighted by Crippen LogP contribution is -2.31. The third-order valence-electron chi connectivity index (χ3n) is 4.72. The molecule has 1 amide bonds. The SMILES string of the molecule is COc1ccc(-n2nnnc2SCC(=O)N(C)[C@@H](C)c2nc3ccccc3s2)cc1. The minimum absolute atomic E-state index is 0.0176. The van der Waals surface area contributed by atoms with Crippen LogP contribution in [-0.4, -0.2) is 55.9 Å². The summed E-state index contributed by atoms with van der Waals surface area (Å²) in [5.41, 5.74) is 1.75. The number of methoxy groups -OCH3 is 1. The Morgan fingerprint density at radius 1 is 1.23 bits per heavy atom. The molecular formula is C20H20N6O2S2. The topological polar surface area (TPSA) is 86.0 Å². The minimum Gasteiger partial charge on any atom is -0.497 e. The summed E-state index contributed by atoms with van der Waals surface area (Å²) in [6.07, 6.45) is 0. The van der Waals surface area contributed by atoms with Crippen molar-refractivity contribution >= 4 is 39.2 Å². The zero-order valence-electron chi connectivity index (χ0n) is 16.7. The van der Waals surface area contributed by atoms with Gasteiger partial charge in [0.2, 0.25) is 11.1 Å². The van der Waals surface area contributed by atoms with E-state index in [1.807, 2.05) is 55.5 Å². The number of fused-ring (bicyclic) bond motifs is 1. The molecule has 2 aromatic carbocycles. The van der Waals surface area contributed by atoms with Crippen molar-refractivity contribution in [2.45, 2.75) is 18.1 Å². The highest BCUT2D eigenvalue weighted by atomic mass is 32.2. The second-order valence-corrected chi connectivity index (χ2v) is 8.57. The second-order valence-electron chi connectivity index (χ2n) is 6.56. The molecule has 0 radical (unpaired) electrons. The average molecular weight is 441 g/mol. The Hall–Kier alpha value is -2.98. The van der Waals surface area contributed by atoms with Crippen molar-refractivity contribution in [2.24, 2.45) is 0 Å². The summed E-state index contributed by atoms with van der Waals surface area (Å²) < 4.78 is 7.90. The van der Waals surface area contributed by atoms with Crippen LogP contribution in [0.15, 0.2) is 53.7 Å². The number of amides is 1. The van der Waals surface area contributed by atoms with Crippen LogP contribution in [0.4, 0.5) is 0 Å². The number of aromatic nitrogens is 5. The molecule has 0 spiro atoms. The molecule has 0 saturated heterocycles. The Morgan fingerprint density at radius 3 is 2.73 bits per heavy atom. The number of thiazole rings is 1. The first-order chi connectivity index (χ1) is 14.6. The fourth-order valence-corrected chi connectivity index (χ4v) is 4.71. The number of benzene rings is 2. The summed E-state index contributed by atoms with van der Waals surface area (Å²) in [6, 6.07) is 15.3. The molecule has 4 rings (SSSR count). The Bertz CT molecular complexity index is 1120. The predicted molar refractivity (Wildman–Crippen MR) is 117 cm³/mol. The van der Waals surface area contributed by atoms with Crippen molar-refractivity contribution in [1.29, 1.82) is 0 Å². The molecule has 0 bridgehead atoms. The normalized spacial score (nSPS) is 12.1. The van der Waals surface area contributed by atoms with Gasteiger partial charge in [-0.25, -0.2) is 4.98 Å². The van der Waals surface area contributed by atoms with Crippen LogP contribution in [0.5, 0.6) is 5.75 Å². The van der Waals surface area contributed by atoms with E-state index in [4.69, 9.17) is 4.74 Å². The molecule has 10 heteroatoms. The number of hydrogen-bond acceptors (Lipinski definition) is 8. The monoisotopic (exact) mass is 440 g/mol. The molecule has 0 N–H and O–H groups in total. The van der Waals surface area contributed by atoms with Crippen molar-refractivity contribution < 1.29 is 9.53 Å². The van der Waals surface area contributed by atoms with E-state index in [1.165, 1.54) is 11.8 Å². The molecule has 0 aliphatic carbocycles. The minimum atomic E-state index is -0.118. The Labute approximate surface area is 181 Å². The summed E-state index contributed by atoms with van der Waals surface area (Å²) >= 11 is 2.91. The van der Waals surface area contributed by atoms with Gasteiger partial charge in [0.15, 0.2) is 0 Å². The fourth-order valence-electron chi connectivity index (χ4n) is 2.83. The number of carbonyl (C=O) groups is 1. The van der Waals surface area contributed by atoms with Gasteiger partial charge in [-0.05, 0) is 53.7 Å². The first-order valence-electron chi connectivity index (χ1n) is 9.23. The van der Waals surface area contributed by atoms with Crippen LogP contribution < -0.4 is 4.74 Å². The number of para-hydroxylation sites is 1. The van der Waals surface area contributed by atoms with Gasteiger partial charge in [-0.3, -0.25) is 4.79 Å². The maximum atomic E-state index is 12.8. The van der Waals surface area contributed by atoms with E-state index in [-0.39, 0.29) is 17.7 Å². The van der Waals surface area contributed by atoms with Crippen LogP contribution in [-0.2, 0) is 4.79 Å². The zero-order valence-corrected chi connectivity index (χ0v) is 18.4. The molecule has 1 atom stereocenters. The van der Waals surface area contributed by atoms with Crippen LogP contribution in [0.25, 0.3) is 15.9 Å². The number of thioether (sulfide) groups is 1. The molecule has 2 aromatic heterocycles. The van der Waals surface area contributed by atoms with E-state index in [0.717, 1.165) is 26.7 Å². The van der Waals surface area contributed by atoms with E-state index in [9.17, 15) is 4.79 Å². The molecule has 0 unspecified atom stereocenters. The second kappa shape index (κ2) is 8.80. The Kier molecular flexibility index (Phi) is 5.96. The number of nitrogens with zero attached hydrogens (tertiary/aromatic N) is 6. The van der Waals surface area contributed by atoms with E-state index in [0.29, 0.717) is 5.16 Å². The maximum absolute atomic E-state index is 12.8. The molecule has 8 nitrogen and oxygen atoms in total. The summed E-state index contributed by atoms with van der Waals surface area (Å²) in [5.74, 6) is 0.958. The number of tetrazole rings is 1. The Balaban J connectivity index is 1.42. The standard InChI is InChI=1S/C20H20N6O2S2/c1-13(19-21-16-6-4-5-7-17(16)30-19)25(2)18(27)12-29-20-22-23-24-26(20)14-8-10-15(28-3)11-9-14/h4-11,13H,12H2,1-3H3/t13-/m0/s1. The lowest BCUT2D eigenvalue weighted by molar-refractivity contribution is -0.128.